The molecule has 0 atom stereocenters. The summed E-state index contributed by atoms with van der Waals surface area (Å²) >= 11 is 0. The van der Waals surface area contributed by atoms with Crippen LogP contribution >= 0.6 is 0 Å². The minimum absolute atomic E-state index is 0.0585. The van der Waals surface area contributed by atoms with E-state index in [9.17, 15) is 14.7 Å². The van der Waals surface area contributed by atoms with Gasteiger partial charge in [0.15, 0.2) is 5.43 Å². The van der Waals surface area contributed by atoms with E-state index in [0.29, 0.717) is 21.8 Å². The van der Waals surface area contributed by atoms with Crippen LogP contribution in [0.1, 0.15) is 11.1 Å². The maximum atomic E-state index is 12.9. The van der Waals surface area contributed by atoms with Crippen molar-refractivity contribution >= 4 is 27.8 Å². The van der Waals surface area contributed by atoms with Crippen LogP contribution in [0.25, 0.3) is 21.8 Å². The van der Waals surface area contributed by atoms with Crippen LogP contribution in [-0.2, 0) is 24.2 Å². The normalized spacial score (nSPS) is 11.1. The zero-order valence-electron chi connectivity index (χ0n) is 14.8. The highest BCUT2D eigenvalue weighted by molar-refractivity contribution is 5.94. The number of pyridine rings is 1. The van der Waals surface area contributed by atoms with Gasteiger partial charge < -0.3 is 9.67 Å². The minimum Gasteiger partial charge on any atom is -0.480 e. The molecule has 3 aromatic carbocycles. The number of hydrogen-bond acceptors (Lipinski definition) is 2. The first kappa shape index (κ1) is 17.0. The molecule has 4 rings (SSSR count). The van der Waals surface area contributed by atoms with Crippen molar-refractivity contribution in [2.75, 3.05) is 0 Å². The lowest BCUT2D eigenvalue weighted by atomic mass is 10.0. The number of aromatic nitrogens is 1. The van der Waals surface area contributed by atoms with Gasteiger partial charge in [-0.15, -0.1) is 0 Å². The molecule has 0 fully saturated rings. The van der Waals surface area contributed by atoms with Gasteiger partial charge in [0.25, 0.3) is 0 Å². The summed E-state index contributed by atoms with van der Waals surface area (Å²) in [5.41, 5.74) is 3.60. The highest BCUT2D eigenvalue weighted by Gasteiger charge is 2.13. The summed E-state index contributed by atoms with van der Waals surface area (Å²) in [6, 6.07) is 23.1. The average Bonchev–Trinajstić information content (AvgIpc) is 2.70. The highest BCUT2D eigenvalue weighted by Crippen LogP contribution is 2.21. The number of fused-ring (bicyclic) bond motifs is 2. The van der Waals surface area contributed by atoms with E-state index in [4.69, 9.17) is 0 Å². The van der Waals surface area contributed by atoms with Crippen LogP contribution in [0, 0.1) is 0 Å². The summed E-state index contributed by atoms with van der Waals surface area (Å²) < 4.78 is 1.72. The monoisotopic (exact) mass is 357 g/mol. The number of para-hydroxylation sites is 1. The first-order valence-electron chi connectivity index (χ1n) is 8.93. The Balaban J connectivity index is 1.85. The topological polar surface area (TPSA) is 59.3 Å². The summed E-state index contributed by atoms with van der Waals surface area (Å²) in [4.78, 5) is 24.3. The van der Waals surface area contributed by atoms with E-state index in [-0.39, 0.29) is 12.0 Å². The van der Waals surface area contributed by atoms with E-state index in [0.717, 1.165) is 18.4 Å². The number of rotatable bonds is 5. The molecule has 0 saturated carbocycles. The number of aryl methyl sites for hydroxylation is 2. The number of nitrogens with zero attached hydrogens (tertiary/aromatic N) is 1. The van der Waals surface area contributed by atoms with Gasteiger partial charge in [-0.05, 0) is 48.2 Å². The molecule has 0 radical (unpaired) electrons. The van der Waals surface area contributed by atoms with E-state index < -0.39 is 5.97 Å². The molecule has 0 spiro atoms. The van der Waals surface area contributed by atoms with E-state index in [1.807, 2.05) is 42.5 Å². The van der Waals surface area contributed by atoms with Gasteiger partial charge in [-0.25, -0.2) is 0 Å². The molecule has 0 unspecified atom stereocenters. The third-order valence-electron chi connectivity index (χ3n) is 4.88. The van der Waals surface area contributed by atoms with Crippen molar-refractivity contribution in [3.8, 4) is 0 Å². The fourth-order valence-electron chi connectivity index (χ4n) is 3.56. The van der Waals surface area contributed by atoms with Gasteiger partial charge in [-0.3, -0.25) is 9.59 Å². The van der Waals surface area contributed by atoms with Gasteiger partial charge in [-0.1, -0.05) is 48.5 Å². The molecule has 134 valence electrons. The maximum Gasteiger partial charge on any atom is 0.323 e. The van der Waals surface area contributed by atoms with E-state index >= 15 is 0 Å². The molecule has 1 heterocycles. The second kappa shape index (κ2) is 7.08. The molecule has 0 amide bonds. The van der Waals surface area contributed by atoms with Crippen molar-refractivity contribution < 1.29 is 9.90 Å². The molecule has 4 nitrogen and oxygen atoms in total. The summed E-state index contributed by atoms with van der Waals surface area (Å²) in [7, 11) is 0. The maximum absolute atomic E-state index is 12.9. The average molecular weight is 357 g/mol. The van der Waals surface area contributed by atoms with Crippen LogP contribution in [0.2, 0.25) is 0 Å². The van der Waals surface area contributed by atoms with Crippen molar-refractivity contribution in [3.63, 3.8) is 0 Å². The molecule has 1 aromatic heterocycles. The molecular weight excluding hydrogens is 338 g/mol. The minimum atomic E-state index is -0.931. The molecule has 0 aliphatic heterocycles. The van der Waals surface area contributed by atoms with Crippen LogP contribution in [-0.4, -0.2) is 15.6 Å². The van der Waals surface area contributed by atoms with Crippen molar-refractivity contribution in [1.82, 2.24) is 4.57 Å². The fourth-order valence-corrected chi connectivity index (χ4v) is 3.56. The predicted molar refractivity (Wildman–Crippen MR) is 107 cm³/mol. The number of hydrogen-bond donors (Lipinski definition) is 1. The Morgan fingerprint density at radius 2 is 1.44 bits per heavy atom. The number of aliphatic carboxylic acids is 1. The van der Waals surface area contributed by atoms with Gasteiger partial charge >= 0.3 is 5.97 Å². The molecule has 0 saturated heterocycles. The standard InChI is InChI=1S/C23H19NO3/c25-22(26)15-24-20-9-5-4-8-18(20)23(27)19-13-12-17(14-21(19)24)11-10-16-6-2-1-3-7-16/h1-9,12-14H,10-11,15H2,(H,25,26). The van der Waals surface area contributed by atoms with Gasteiger partial charge in [0.05, 0.1) is 11.0 Å². The lowest BCUT2D eigenvalue weighted by molar-refractivity contribution is -0.137. The number of carbonyl (C=O) groups is 1. The molecule has 4 heteroatoms. The Kier molecular flexibility index (Phi) is 4.47. The largest absolute Gasteiger partial charge is 0.480 e. The van der Waals surface area contributed by atoms with Gasteiger partial charge in [0, 0.05) is 10.8 Å². The number of carboxylic acids is 1. The van der Waals surface area contributed by atoms with Crippen LogP contribution in [0.4, 0.5) is 0 Å². The molecule has 0 aliphatic rings. The third kappa shape index (κ3) is 3.34. The lowest BCUT2D eigenvalue weighted by Gasteiger charge is -2.14. The van der Waals surface area contributed by atoms with Crippen LogP contribution in [0.5, 0.6) is 0 Å². The van der Waals surface area contributed by atoms with Crippen LogP contribution < -0.4 is 5.43 Å². The first-order chi connectivity index (χ1) is 13.1. The van der Waals surface area contributed by atoms with E-state index in [1.165, 1.54) is 5.56 Å². The second-order valence-corrected chi connectivity index (χ2v) is 6.66. The van der Waals surface area contributed by atoms with Crippen molar-refractivity contribution in [2.45, 2.75) is 19.4 Å². The highest BCUT2D eigenvalue weighted by atomic mass is 16.4. The summed E-state index contributed by atoms with van der Waals surface area (Å²) in [5.74, 6) is -0.931. The molecule has 1 N–H and O–H groups in total. The van der Waals surface area contributed by atoms with Gasteiger partial charge in [0.2, 0.25) is 0 Å². The molecule has 27 heavy (non-hydrogen) atoms. The second-order valence-electron chi connectivity index (χ2n) is 6.66. The van der Waals surface area contributed by atoms with Crippen molar-refractivity contribution in [2.24, 2.45) is 0 Å². The van der Waals surface area contributed by atoms with Crippen LogP contribution in [0.3, 0.4) is 0 Å². The summed E-state index contributed by atoms with van der Waals surface area (Å²) in [6.07, 6.45) is 1.72. The number of benzene rings is 3. The number of carboxylic acid groups (broad SMARTS) is 1. The van der Waals surface area contributed by atoms with Gasteiger partial charge in [0.1, 0.15) is 6.54 Å². The van der Waals surface area contributed by atoms with E-state index in [1.54, 1.807) is 22.8 Å². The Morgan fingerprint density at radius 1 is 0.778 bits per heavy atom. The Bertz CT molecular complexity index is 1190. The van der Waals surface area contributed by atoms with Crippen LogP contribution in [0.15, 0.2) is 77.6 Å². The van der Waals surface area contributed by atoms with E-state index in [2.05, 4.69) is 12.1 Å². The predicted octanol–water partition coefficient (Wildman–Crippen LogP) is 4.02. The smallest absolute Gasteiger partial charge is 0.323 e. The summed E-state index contributed by atoms with van der Waals surface area (Å²) in [6.45, 7) is -0.181. The quantitative estimate of drug-likeness (QED) is 0.549. The molecule has 4 aromatic rings. The van der Waals surface area contributed by atoms with Gasteiger partial charge in [-0.2, -0.15) is 0 Å². The molecular formula is C23H19NO3. The SMILES string of the molecule is O=C(O)Cn1c2ccccc2c(=O)c2ccc(CCc3ccccc3)cc21. The Labute approximate surface area is 156 Å². The third-order valence-corrected chi connectivity index (χ3v) is 4.88. The summed E-state index contributed by atoms with van der Waals surface area (Å²) in [5, 5.41) is 10.5. The molecule has 0 bridgehead atoms. The first-order valence-corrected chi connectivity index (χ1v) is 8.93. The zero-order valence-corrected chi connectivity index (χ0v) is 14.8. The lowest BCUT2D eigenvalue weighted by Crippen LogP contribution is -2.16. The Hall–Kier alpha value is -3.40. The van der Waals surface area contributed by atoms with Crippen molar-refractivity contribution in [3.05, 3.63) is 94.1 Å². The molecule has 0 aliphatic carbocycles. The fraction of sp³-hybridized carbons (Fsp3) is 0.130. The zero-order chi connectivity index (χ0) is 18.8. The van der Waals surface area contributed by atoms with Crippen molar-refractivity contribution in [1.29, 1.82) is 0 Å². The Morgan fingerprint density at radius 3 is 2.22 bits per heavy atom.